The summed E-state index contributed by atoms with van der Waals surface area (Å²) in [5.74, 6) is -0.750. The Labute approximate surface area is 148 Å². The summed E-state index contributed by atoms with van der Waals surface area (Å²) in [6.45, 7) is 3.62. The van der Waals surface area contributed by atoms with Crippen molar-refractivity contribution in [3.8, 4) is 0 Å². The van der Waals surface area contributed by atoms with Gasteiger partial charge in [0.2, 0.25) is 11.8 Å². The molecule has 1 saturated heterocycles. The molecule has 2 atom stereocenters. The van der Waals surface area contributed by atoms with E-state index in [0.717, 1.165) is 5.71 Å². The third kappa shape index (κ3) is 4.96. The number of hydrogen-bond donors (Lipinski definition) is 2. The summed E-state index contributed by atoms with van der Waals surface area (Å²) in [6.07, 6.45) is -0.0355. The molecule has 134 valence electrons. The molecule has 1 fully saturated rings. The van der Waals surface area contributed by atoms with E-state index in [0.29, 0.717) is 11.6 Å². The first-order valence-electron chi connectivity index (χ1n) is 7.59. The van der Waals surface area contributed by atoms with Crippen LogP contribution < -0.4 is 10.6 Å². The maximum absolute atomic E-state index is 12.3. The highest BCUT2D eigenvalue weighted by molar-refractivity contribution is 7.89. The van der Waals surface area contributed by atoms with E-state index in [-0.39, 0.29) is 23.8 Å². The van der Waals surface area contributed by atoms with Gasteiger partial charge in [0.1, 0.15) is 5.25 Å². The molecule has 2 N–H and O–H groups in total. The van der Waals surface area contributed by atoms with Crippen molar-refractivity contribution in [2.75, 3.05) is 18.3 Å². The van der Waals surface area contributed by atoms with Gasteiger partial charge in [0.05, 0.1) is 24.2 Å². The van der Waals surface area contributed by atoms with Crippen LogP contribution in [0.4, 0.5) is 5.69 Å². The highest BCUT2D eigenvalue weighted by Gasteiger charge is 2.32. The van der Waals surface area contributed by atoms with Crippen molar-refractivity contribution in [1.29, 1.82) is 0 Å². The lowest BCUT2D eigenvalue weighted by Crippen LogP contribution is -2.29. The van der Waals surface area contributed by atoms with Crippen LogP contribution in [0.25, 0.3) is 0 Å². The van der Waals surface area contributed by atoms with Crippen LogP contribution in [0.5, 0.6) is 0 Å². The van der Waals surface area contributed by atoms with Crippen molar-refractivity contribution in [2.45, 2.75) is 25.5 Å². The second-order valence-electron chi connectivity index (χ2n) is 5.49. The van der Waals surface area contributed by atoms with Gasteiger partial charge >= 0.3 is 5.97 Å². The second kappa shape index (κ2) is 8.52. The summed E-state index contributed by atoms with van der Waals surface area (Å²) in [5.41, 5.74) is 1.38. The van der Waals surface area contributed by atoms with Crippen molar-refractivity contribution in [3.05, 3.63) is 29.8 Å². The first-order chi connectivity index (χ1) is 11.9. The van der Waals surface area contributed by atoms with Gasteiger partial charge < -0.3 is 15.4 Å². The average molecular weight is 364 g/mol. The molecule has 2 rings (SSSR count). The minimum absolute atomic E-state index is 0.0355. The lowest BCUT2D eigenvalue weighted by atomic mass is 10.1. The van der Waals surface area contributed by atoms with Crippen molar-refractivity contribution < 1.29 is 19.1 Å². The number of nitrogens with one attached hydrogen (secondary N) is 2. The maximum atomic E-state index is 12.3. The average Bonchev–Trinajstić information content (AvgIpc) is 2.93. The molecule has 25 heavy (non-hydrogen) atoms. The largest absolute Gasteiger partial charge is 0.465 e. The standard InChI is InChI=1S/C16H20N4O4S/c1-10(2)19-20-25-9-17-15(22)13(25)8-14(21)18-12-7-5-4-6-11(12)16(23)24-3/h4-7,13H,8-9H2,1-3H3,(H,17,22)(H,18,21). The molecule has 2 amide bonds. The van der Waals surface area contributed by atoms with Crippen molar-refractivity contribution in [1.82, 2.24) is 5.32 Å². The first kappa shape index (κ1) is 18.8. The molecular weight excluding hydrogens is 344 g/mol. The number of hydrogen-bond acceptors (Lipinski definition) is 5. The van der Waals surface area contributed by atoms with Crippen molar-refractivity contribution in [2.24, 2.45) is 9.57 Å². The number of benzene rings is 1. The van der Waals surface area contributed by atoms with Gasteiger partial charge in [-0.05, 0) is 36.7 Å². The molecule has 0 saturated carbocycles. The maximum Gasteiger partial charge on any atom is 0.339 e. The molecule has 1 aromatic rings. The van der Waals surface area contributed by atoms with Crippen LogP contribution in [-0.4, -0.2) is 41.7 Å². The predicted octanol–water partition coefficient (Wildman–Crippen LogP) is 1.46. The predicted molar refractivity (Wildman–Crippen MR) is 96.4 cm³/mol. The Morgan fingerprint density at radius 1 is 1.36 bits per heavy atom. The van der Waals surface area contributed by atoms with Gasteiger partial charge in [-0.2, -0.15) is 5.10 Å². The Bertz CT molecular complexity index is 756. The summed E-state index contributed by atoms with van der Waals surface area (Å²) in [7, 11) is 0.585. The molecule has 0 aliphatic carbocycles. The van der Waals surface area contributed by atoms with E-state index in [1.165, 1.54) is 7.11 Å². The van der Waals surface area contributed by atoms with Gasteiger partial charge in [-0.3, -0.25) is 9.59 Å². The van der Waals surface area contributed by atoms with Crippen LogP contribution in [0.2, 0.25) is 0 Å². The molecular formula is C16H20N4O4S. The number of carbonyl (C=O) groups is 3. The van der Waals surface area contributed by atoms with Crippen molar-refractivity contribution in [3.63, 3.8) is 0 Å². The van der Waals surface area contributed by atoms with E-state index in [9.17, 15) is 14.4 Å². The van der Waals surface area contributed by atoms with Gasteiger partial charge in [0.25, 0.3) is 0 Å². The van der Waals surface area contributed by atoms with Gasteiger partial charge in [-0.1, -0.05) is 12.1 Å². The number of anilines is 1. The molecule has 8 nitrogen and oxygen atoms in total. The fraction of sp³-hybridized carbons (Fsp3) is 0.375. The minimum Gasteiger partial charge on any atom is -0.465 e. The van der Waals surface area contributed by atoms with Crippen LogP contribution in [-0.2, 0) is 25.0 Å². The molecule has 0 spiro atoms. The molecule has 1 aliphatic heterocycles. The van der Waals surface area contributed by atoms with E-state index >= 15 is 0 Å². The third-order valence-corrected chi connectivity index (χ3v) is 5.11. The zero-order chi connectivity index (χ0) is 18.4. The molecule has 2 unspecified atom stereocenters. The van der Waals surface area contributed by atoms with Gasteiger partial charge in [0, 0.05) is 12.1 Å². The number of amides is 2. The van der Waals surface area contributed by atoms with Gasteiger partial charge in [-0.25, -0.2) is 4.79 Å². The Morgan fingerprint density at radius 3 is 2.76 bits per heavy atom. The third-order valence-electron chi connectivity index (χ3n) is 3.34. The number of rotatable bonds is 5. The van der Waals surface area contributed by atoms with Crippen LogP contribution in [0.1, 0.15) is 30.6 Å². The highest BCUT2D eigenvalue weighted by Crippen LogP contribution is 2.18. The number of esters is 1. The van der Waals surface area contributed by atoms with Crippen LogP contribution in [0, 0.1) is 0 Å². The van der Waals surface area contributed by atoms with Crippen LogP contribution in [0.15, 0.2) is 33.8 Å². The quantitative estimate of drug-likeness (QED) is 0.468. The Hall–Kier alpha value is -2.55. The zero-order valence-corrected chi connectivity index (χ0v) is 15.1. The second-order valence-corrected chi connectivity index (χ2v) is 7.32. The Morgan fingerprint density at radius 2 is 2.08 bits per heavy atom. The van der Waals surface area contributed by atoms with Gasteiger partial charge in [-0.15, -0.1) is 4.47 Å². The van der Waals surface area contributed by atoms with E-state index < -0.39 is 21.9 Å². The molecule has 0 bridgehead atoms. The van der Waals surface area contributed by atoms with E-state index in [2.05, 4.69) is 20.2 Å². The summed E-state index contributed by atoms with van der Waals surface area (Å²) in [4.78, 5) is 36.1. The summed E-state index contributed by atoms with van der Waals surface area (Å²) < 4.78 is 8.85. The number of carbonyl (C=O) groups excluding carboxylic acids is 3. The number of nitrogens with zero attached hydrogens (tertiary/aromatic N) is 2. The fourth-order valence-electron chi connectivity index (χ4n) is 2.14. The zero-order valence-electron chi connectivity index (χ0n) is 14.2. The molecule has 1 heterocycles. The smallest absolute Gasteiger partial charge is 0.339 e. The lowest BCUT2D eigenvalue weighted by molar-refractivity contribution is -0.123. The summed E-state index contributed by atoms with van der Waals surface area (Å²) >= 11 is 0. The van der Waals surface area contributed by atoms with E-state index in [1.54, 1.807) is 24.3 Å². The summed E-state index contributed by atoms with van der Waals surface area (Å²) in [5, 5.41) is 8.81. The monoisotopic (exact) mass is 364 g/mol. The van der Waals surface area contributed by atoms with E-state index in [1.807, 2.05) is 13.8 Å². The number of ether oxygens (including phenoxy) is 1. The molecule has 1 aromatic carbocycles. The van der Waals surface area contributed by atoms with E-state index in [4.69, 9.17) is 4.74 Å². The Kier molecular flexibility index (Phi) is 6.40. The van der Waals surface area contributed by atoms with Gasteiger partial charge in [0.15, 0.2) is 0 Å². The molecule has 0 radical (unpaired) electrons. The lowest BCUT2D eigenvalue weighted by Gasteiger charge is -2.12. The normalized spacial score (nSPS) is 19.2. The molecule has 9 heteroatoms. The SMILES string of the molecule is COC(=O)c1ccccc1NC(=O)CC1C(=O)NC/S1=N\N=C(C)C. The molecule has 0 aromatic heterocycles. The van der Waals surface area contributed by atoms with Crippen LogP contribution in [0.3, 0.4) is 0 Å². The topological polar surface area (TPSA) is 109 Å². The number of para-hydroxylation sites is 1. The Balaban J connectivity index is 2.12. The fourth-order valence-corrected chi connectivity index (χ4v) is 3.75. The summed E-state index contributed by atoms with van der Waals surface area (Å²) in [6, 6.07) is 6.53. The highest BCUT2D eigenvalue weighted by atomic mass is 32.2. The van der Waals surface area contributed by atoms with Crippen LogP contribution >= 0.6 is 0 Å². The minimum atomic E-state index is -0.686. The van der Waals surface area contributed by atoms with Crippen molar-refractivity contribution >= 4 is 39.9 Å². The number of methoxy groups -OCH3 is 1. The first-order valence-corrected chi connectivity index (χ1v) is 9.00. The molecule has 1 aliphatic rings.